The van der Waals surface area contributed by atoms with Gasteiger partial charge in [-0.1, -0.05) is 55.5 Å². The van der Waals surface area contributed by atoms with E-state index in [1.165, 1.54) is 7.11 Å². The zero-order valence-electron chi connectivity index (χ0n) is 18.2. The number of hydrogen-bond acceptors (Lipinski definition) is 5. The van der Waals surface area contributed by atoms with Gasteiger partial charge in [0.1, 0.15) is 12.6 Å². The molecule has 2 aromatic rings. The first-order valence-corrected chi connectivity index (χ1v) is 10.6. The number of amides is 2. The minimum atomic E-state index is -1.09. The summed E-state index contributed by atoms with van der Waals surface area (Å²) in [5.74, 6) is -1.56. The number of carboxylic acid groups (broad SMARTS) is 1. The van der Waals surface area contributed by atoms with E-state index in [1.54, 1.807) is 6.92 Å². The molecule has 8 heteroatoms. The minimum absolute atomic E-state index is 0.0657. The fourth-order valence-electron chi connectivity index (χ4n) is 3.93. The Morgan fingerprint density at radius 3 is 2.16 bits per heavy atom. The fraction of sp³-hybridized carbons (Fsp3) is 0.375. The zero-order valence-corrected chi connectivity index (χ0v) is 18.2. The summed E-state index contributed by atoms with van der Waals surface area (Å²) < 4.78 is 10.3. The fourth-order valence-corrected chi connectivity index (χ4v) is 3.93. The Labute approximate surface area is 186 Å². The number of carbonyl (C=O) groups excluding carboxylic acids is 2. The van der Waals surface area contributed by atoms with Gasteiger partial charge < -0.3 is 25.2 Å². The molecule has 0 spiro atoms. The molecule has 3 rings (SSSR count). The highest BCUT2D eigenvalue weighted by Gasteiger charge is 2.29. The summed E-state index contributed by atoms with van der Waals surface area (Å²) in [6.45, 7) is 2.04. The highest BCUT2D eigenvalue weighted by molar-refractivity contribution is 5.85. The summed E-state index contributed by atoms with van der Waals surface area (Å²) >= 11 is 0. The van der Waals surface area contributed by atoms with Gasteiger partial charge in [0.2, 0.25) is 5.91 Å². The molecule has 3 N–H and O–H groups in total. The number of ether oxygens (including phenoxy) is 2. The van der Waals surface area contributed by atoms with Crippen molar-refractivity contribution >= 4 is 18.0 Å². The lowest BCUT2D eigenvalue weighted by molar-refractivity contribution is -0.149. The van der Waals surface area contributed by atoms with Crippen molar-refractivity contribution in [2.24, 2.45) is 0 Å². The third-order valence-corrected chi connectivity index (χ3v) is 5.63. The van der Waals surface area contributed by atoms with E-state index >= 15 is 0 Å². The highest BCUT2D eigenvalue weighted by Crippen LogP contribution is 2.44. The van der Waals surface area contributed by atoms with Crippen LogP contribution in [0.4, 0.5) is 4.79 Å². The molecular formula is C24H28N2O6. The van der Waals surface area contributed by atoms with Crippen LogP contribution >= 0.6 is 0 Å². The lowest BCUT2D eigenvalue weighted by Gasteiger charge is -2.19. The second-order valence-corrected chi connectivity index (χ2v) is 7.57. The van der Waals surface area contributed by atoms with Gasteiger partial charge in [0.25, 0.3) is 0 Å². The van der Waals surface area contributed by atoms with Crippen LogP contribution in [0.15, 0.2) is 48.5 Å². The first kappa shape index (κ1) is 23.3. The van der Waals surface area contributed by atoms with Crippen LogP contribution < -0.4 is 10.6 Å². The van der Waals surface area contributed by atoms with Crippen molar-refractivity contribution in [3.8, 4) is 11.1 Å². The van der Waals surface area contributed by atoms with Gasteiger partial charge in [-0.25, -0.2) is 9.59 Å². The number of fused-ring (bicyclic) bond motifs is 3. The van der Waals surface area contributed by atoms with Gasteiger partial charge in [-0.2, -0.15) is 0 Å². The van der Waals surface area contributed by atoms with Gasteiger partial charge in [-0.3, -0.25) is 4.79 Å². The SMILES string of the molecule is CC[C@H](NC(=O)OCC1c2ccccc2-c2ccccc21)C(=O)NCCC(OC)C(=O)O. The number of hydrogen-bond donors (Lipinski definition) is 3. The second-order valence-electron chi connectivity index (χ2n) is 7.57. The first-order chi connectivity index (χ1) is 15.5. The van der Waals surface area contributed by atoms with Gasteiger partial charge in [0.05, 0.1) is 0 Å². The monoisotopic (exact) mass is 440 g/mol. The Hall–Kier alpha value is -3.39. The molecule has 2 atom stereocenters. The van der Waals surface area contributed by atoms with Crippen LogP contribution in [-0.2, 0) is 19.1 Å². The van der Waals surface area contributed by atoms with Crippen LogP contribution in [0.5, 0.6) is 0 Å². The van der Waals surface area contributed by atoms with Crippen molar-refractivity contribution < 1.29 is 29.0 Å². The summed E-state index contributed by atoms with van der Waals surface area (Å²) in [4.78, 5) is 35.7. The number of aliphatic carboxylic acids is 1. The maximum atomic E-state index is 12.4. The first-order valence-electron chi connectivity index (χ1n) is 10.6. The van der Waals surface area contributed by atoms with Crippen LogP contribution in [0.25, 0.3) is 11.1 Å². The zero-order chi connectivity index (χ0) is 23.1. The van der Waals surface area contributed by atoms with E-state index in [4.69, 9.17) is 14.6 Å². The van der Waals surface area contributed by atoms with Crippen molar-refractivity contribution in [2.45, 2.75) is 37.8 Å². The number of carboxylic acids is 1. The van der Waals surface area contributed by atoms with Crippen LogP contribution in [0.1, 0.15) is 36.8 Å². The summed E-state index contributed by atoms with van der Waals surface area (Å²) in [7, 11) is 1.30. The summed E-state index contributed by atoms with van der Waals surface area (Å²) in [6, 6.07) is 15.3. The van der Waals surface area contributed by atoms with E-state index < -0.39 is 30.1 Å². The molecule has 32 heavy (non-hydrogen) atoms. The molecule has 2 aromatic carbocycles. The largest absolute Gasteiger partial charge is 0.479 e. The average molecular weight is 440 g/mol. The molecule has 1 aliphatic carbocycles. The highest BCUT2D eigenvalue weighted by atomic mass is 16.5. The minimum Gasteiger partial charge on any atom is -0.479 e. The predicted molar refractivity (Wildman–Crippen MR) is 118 cm³/mol. The molecule has 2 amide bonds. The number of carbonyl (C=O) groups is 3. The van der Waals surface area contributed by atoms with Crippen molar-refractivity contribution in [1.29, 1.82) is 0 Å². The molecule has 0 saturated heterocycles. The van der Waals surface area contributed by atoms with Gasteiger partial charge in [-0.05, 0) is 28.7 Å². The van der Waals surface area contributed by atoms with Crippen LogP contribution in [0.3, 0.4) is 0 Å². The van der Waals surface area contributed by atoms with Crippen molar-refractivity contribution in [1.82, 2.24) is 10.6 Å². The Morgan fingerprint density at radius 1 is 1.03 bits per heavy atom. The van der Waals surface area contributed by atoms with Crippen molar-refractivity contribution in [3.05, 3.63) is 59.7 Å². The maximum Gasteiger partial charge on any atom is 0.407 e. The van der Waals surface area contributed by atoms with Gasteiger partial charge in [0, 0.05) is 26.0 Å². The summed E-state index contributed by atoms with van der Waals surface area (Å²) in [6.07, 6.45) is -1.18. The normalized spacial score (nSPS) is 14.1. The lowest BCUT2D eigenvalue weighted by Crippen LogP contribution is -2.47. The van der Waals surface area contributed by atoms with E-state index in [0.717, 1.165) is 22.3 Å². The molecule has 0 heterocycles. The van der Waals surface area contributed by atoms with E-state index in [9.17, 15) is 14.4 Å². The Morgan fingerprint density at radius 2 is 1.62 bits per heavy atom. The van der Waals surface area contributed by atoms with E-state index in [2.05, 4.69) is 22.8 Å². The molecule has 0 saturated carbocycles. The average Bonchev–Trinajstić information content (AvgIpc) is 3.12. The Balaban J connectivity index is 1.54. The van der Waals surface area contributed by atoms with Crippen LogP contribution in [0, 0.1) is 0 Å². The molecule has 0 fully saturated rings. The molecule has 170 valence electrons. The predicted octanol–water partition coefficient (Wildman–Crippen LogP) is 2.91. The van der Waals surface area contributed by atoms with Gasteiger partial charge in [-0.15, -0.1) is 0 Å². The molecule has 0 aliphatic heterocycles. The number of alkyl carbamates (subject to hydrolysis) is 1. The Bertz CT molecular complexity index is 931. The summed E-state index contributed by atoms with van der Waals surface area (Å²) in [5.41, 5.74) is 4.49. The standard InChI is InChI=1S/C24H28N2O6/c1-3-20(22(27)25-13-12-21(31-2)23(28)29)26-24(30)32-14-19-17-10-6-4-8-15(17)16-9-5-7-11-18(16)19/h4-11,19-21H,3,12-14H2,1-2H3,(H,25,27)(H,26,30)(H,28,29)/t20-,21?/m0/s1. The second kappa shape index (κ2) is 10.8. The van der Waals surface area contributed by atoms with Crippen LogP contribution in [0.2, 0.25) is 0 Å². The number of rotatable bonds is 10. The third kappa shape index (κ3) is 5.26. The van der Waals surface area contributed by atoms with Gasteiger partial charge >= 0.3 is 12.1 Å². The Kier molecular flexibility index (Phi) is 7.83. The van der Waals surface area contributed by atoms with E-state index in [-0.39, 0.29) is 25.5 Å². The van der Waals surface area contributed by atoms with E-state index in [1.807, 2.05) is 36.4 Å². The van der Waals surface area contributed by atoms with Crippen molar-refractivity contribution in [2.75, 3.05) is 20.3 Å². The van der Waals surface area contributed by atoms with Gasteiger partial charge in [0.15, 0.2) is 6.10 Å². The van der Waals surface area contributed by atoms with E-state index in [0.29, 0.717) is 6.42 Å². The topological polar surface area (TPSA) is 114 Å². The number of benzene rings is 2. The number of methoxy groups -OCH3 is 1. The molecular weight excluding hydrogens is 412 g/mol. The molecule has 0 bridgehead atoms. The lowest BCUT2D eigenvalue weighted by atomic mass is 9.98. The quantitative estimate of drug-likeness (QED) is 0.524. The smallest absolute Gasteiger partial charge is 0.407 e. The third-order valence-electron chi connectivity index (χ3n) is 5.63. The molecule has 1 aliphatic rings. The molecule has 0 radical (unpaired) electrons. The number of nitrogens with one attached hydrogen (secondary N) is 2. The molecule has 0 aromatic heterocycles. The maximum absolute atomic E-state index is 12.4. The molecule has 1 unspecified atom stereocenters. The van der Waals surface area contributed by atoms with Crippen LogP contribution in [-0.4, -0.2) is 55.5 Å². The van der Waals surface area contributed by atoms with Crippen molar-refractivity contribution in [3.63, 3.8) is 0 Å². The molecule has 8 nitrogen and oxygen atoms in total. The summed E-state index contributed by atoms with van der Waals surface area (Å²) in [5, 5.41) is 14.2.